The van der Waals surface area contributed by atoms with E-state index in [1.807, 2.05) is 4.90 Å². The van der Waals surface area contributed by atoms with Crippen molar-refractivity contribution in [1.82, 2.24) is 4.90 Å². The van der Waals surface area contributed by atoms with E-state index in [0.717, 1.165) is 24.3 Å². The molecule has 4 nitrogen and oxygen atoms in total. The fraction of sp³-hybridized carbons (Fsp3) is 0.270. The van der Waals surface area contributed by atoms with Crippen molar-refractivity contribution in [3.05, 3.63) is 143 Å². The molecule has 1 saturated heterocycles. The zero-order valence-electron chi connectivity index (χ0n) is 24.2. The van der Waals surface area contributed by atoms with Crippen molar-refractivity contribution in [1.29, 1.82) is 0 Å². The number of ether oxygens (including phenoxy) is 1. The number of hydrogen-bond donors (Lipinski definition) is 0. The lowest BCUT2D eigenvalue weighted by Gasteiger charge is -2.43. The molecule has 4 aromatic rings. The van der Waals surface area contributed by atoms with Gasteiger partial charge in [0.05, 0.1) is 36.4 Å². The molecule has 1 fully saturated rings. The molecular formula is C37H38N2O2. The zero-order valence-corrected chi connectivity index (χ0v) is 24.2. The predicted molar refractivity (Wildman–Crippen MR) is 167 cm³/mol. The van der Waals surface area contributed by atoms with Crippen molar-refractivity contribution in [3.63, 3.8) is 0 Å². The van der Waals surface area contributed by atoms with Crippen molar-refractivity contribution in [2.45, 2.75) is 31.7 Å². The van der Waals surface area contributed by atoms with Gasteiger partial charge in [-0.3, -0.25) is 9.69 Å². The number of carbonyl (C=O) groups is 1. The Morgan fingerprint density at radius 3 is 1.78 bits per heavy atom. The van der Waals surface area contributed by atoms with Crippen LogP contribution in [-0.2, 0) is 14.9 Å². The van der Waals surface area contributed by atoms with Gasteiger partial charge in [0.1, 0.15) is 0 Å². The second-order valence-corrected chi connectivity index (χ2v) is 11.7. The molecule has 0 bridgehead atoms. The van der Waals surface area contributed by atoms with E-state index in [2.05, 4.69) is 141 Å². The average molecular weight is 543 g/mol. The van der Waals surface area contributed by atoms with E-state index in [1.165, 1.54) is 27.8 Å². The topological polar surface area (TPSA) is 32.8 Å². The molecule has 0 atom stereocenters. The minimum atomic E-state index is -0.533. The van der Waals surface area contributed by atoms with E-state index < -0.39 is 11.0 Å². The fourth-order valence-corrected chi connectivity index (χ4v) is 6.80. The molecule has 208 valence electrons. The van der Waals surface area contributed by atoms with E-state index in [9.17, 15) is 4.79 Å². The SMILES string of the molecule is CC1=CC(C)(C)N(C(=O)CN2CCOCC2)c2ccc(C(c3ccccc3)(c3ccccc3)c3ccccc3)cc21. The Labute approximate surface area is 243 Å². The quantitative estimate of drug-likeness (QED) is 0.248. The largest absolute Gasteiger partial charge is 0.379 e. The van der Waals surface area contributed by atoms with Crippen LogP contribution in [0.2, 0.25) is 0 Å². The van der Waals surface area contributed by atoms with Crippen LogP contribution >= 0.6 is 0 Å². The number of carbonyl (C=O) groups excluding carboxylic acids is 1. The number of hydrogen-bond acceptors (Lipinski definition) is 3. The molecule has 6 rings (SSSR count). The molecular weight excluding hydrogens is 504 g/mol. The summed E-state index contributed by atoms with van der Waals surface area (Å²) in [6.07, 6.45) is 2.24. The van der Waals surface area contributed by atoms with Gasteiger partial charge in [-0.2, -0.15) is 0 Å². The lowest BCUT2D eigenvalue weighted by molar-refractivity contribution is -0.121. The average Bonchev–Trinajstić information content (AvgIpc) is 2.99. The number of benzene rings is 4. The van der Waals surface area contributed by atoms with E-state index in [0.29, 0.717) is 19.8 Å². The van der Waals surface area contributed by atoms with Gasteiger partial charge in [-0.25, -0.2) is 0 Å². The Balaban J connectivity index is 1.54. The van der Waals surface area contributed by atoms with Gasteiger partial charge >= 0.3 is 0 Å². The maximum absolute atomic E-state index is 13.9. The summed E-state index contributed by atoms with van der Waals surface area (Å²) in [7, 11) is 0. The number of anilines is 1. The second-order valence-electron chi connectivity index (χ2n) is 11.7. The summed E-state index contributed by atoms with van der Waals surface area (Å²) in [6.45, 7) is 9.75. The normalized spacial score (nSPS) is 17.0. The molecule has 0 unspecified atom stereocenters. The van der Waals surface area contributed by atoms with Gasteiger partial charge in [0.2, 0.25) is 5.91 Å². The molecule has 41 heavy (non-hydrogen) atoms. The summed E-state index contributed by atoms with van der Waals surface area (Å²) in [5, 5.41) is 0. The third-order valence-corrected chi connectivity index (χ3v) is 8.57. The van der Waals surface area contributed by atoms with Gasteiger partial charge in [-0.05, 0) is 60.7 Å². The van der Waals surface area contributed by atoms with Crippen molar-refractivity contribution in [2.24, 2.45) is 0 Å². The molecule has 2 aliphatic heterocycles. The first kappa shape index (κ1) is 27.2. The number of amides is 1. The predicted octanol–water partition coefficient (Wildman–Crippen LogP) is 6.93. The Kier molecular flexibility index (Phi) is 7.37. The summed E-state index contributed by atoms with van der Waals surface area (Å²) < 4.78 is 5.52. The summed E-state index contributed by atoms with van der Waals surface area (Å²) in [5.41, 5.74) is 7.08. The monoisotopic (exact) mass is 542 g/mol. The minimum Gasteiger partial charge on any atom is -0.379 e. The van der Waals surface area contributed by atoms with Crippen LogP contribution in [0.15, 0.2) is 115 Å². The number of rotatable bonds is 6. The van der Waals surface area contributed by atoms with Crippen LogP contribution in [0.25, 0.3) is 5.57 Å². The molecule has 0 aliphatic carbocycles. The van der Waals surface area contributed by atoms with Crippen LogP contribution in [0.3, 0.4) is 0 Å². The van der Waals surface area contributed by atoms with Gasteiger partial charge in [0.25, 0.3) is 0 Å². The number of allylic oxidation sites excluding steroid dienone is 1. The third-order valence-electron chi connectivity index (χ3n) is 8.57. The maximum atomic E-state index is 13.9. The lowest BCUT2D eigenvalue weighted by atomic mass is 9.64. The summed E-state index contributed by atoms with van der Waals surface area (Å²) in [5.74, 6) is 0.120. The van der Waals surface area contributed by atoms with Gasteiger partial charge in [0, 0.05) is 18.7 Å². The van der Waals surface area contributed by atoms with Crippen LogP contribution in [-0.4, -0.2) is 49.2 Å². The molecule has 0 aromatic heterocycles. The van der Waals surface area contributed by atoms with Gasteiger partial charge in [-0.15, -0.1) is 0 Å². The number of fused-ring (bicyclic) bond motifs is 1. The van der Waals surface area contributed by atoms with Crippen LogP contribution in [0.5, 0.6) is 0 Å². The van der Waals surface area contributed by atoms with E-state index in [1.54, 1.807) is 0 Å². The first-order valence-electron chi connectivity index (χ1n) is 14.6. The number of morpholine rings is 1. The molecule has 0 radical (unpaired) electrons. The standard InChI is InChI=1S/C37H38N2O2/c1-28-26-36(2,3)39(35(40)27-38-21-23-41-24-22-38)34-20-19-32(25-33(28)34)37(29-13-7-4-8-14-29,30-15-9-5-10-16-30)31-17-11-6-12-18-31/h4-20,25-26H,21-24,27H2,1-3H3. The van der Waals surface area contributed by atoms with Gasteiger partial charge in [0.15, 0.2) is 0 Å². The van der Waals surface area contributed by atoms with Crippen LogP contribution < -0.4 is 4.90 Å². The highest BCUT2D eigenvalue weighted by Crippen LogP contribution is 2.48. The highest BCUT2D eigenvalue weighted by atomic mass is 16.5. The van der Waals surface area contributed by atoms with Crippen LogP contribution in [0.1, 0.15) is 48.6 Å². The summed E-state index contributed by atoms with van der Waals surface area (Å²) >= 11 is 0. The van der Waals surface area contributed by atoms with E-state index >= 15 is 0 Å². The molecule has 0 saturated carbocycles. The highest BCUT2D eigenvalue weighted by molar-refractivity contribution is 6.01. The van der Waals surface area contributed by atoms with Crippen molar-refractivity contribution in [3.8, 4) is 0 Å². The molecule has 0 N–H and O–H groups in total. The second kappa shape index (κ2) is 11.1. The molecule has 2 aliphatic rings. The first-order valence-corrected chi connectivity index (χ1v) is 14.6. The van der Waals surface area contributed by atoms with Crippen LogP contribution in [0, 0.1) is 0 Å². The highest BCUT2D eigenvalue weighted by Gasteiger charge is 2.41. The Bertz CT molecular complexity index is 1440. The fourth-order valence-electron chi connectivity index (χ4n) is 6.80. The number of nitrogens with zero attached hydrogens (tertiary/aromatic N) is 2. The summed E-state index contributed by atoms with van der Waals surface area (Å²) in [4.78, 5) is 18.1. The lowest BCUT2D eigenvalue weighted by Crippen LogP contribution is -2.53. The third kappa shape index (κ3) is 4.92. The smallest absolute Gasteiger partial charge is 0.241 e. The van der Waals surface area contributed by atoms with Crippen LogP contribution in [0.4, 0.5) is 5.69 Å². The molecule has 2 heterocycles. The van der Waals surface area contributed by atoms with E-state index in [4.69, 9.17) is 4.74 Å². The minimum absolute atomic E-state index is 0.120. The van der Waals surface area contributed by atoms with Crippen molar-refractivity contribution < 1.29 is 9.53 Å². The molecule has 4 heteroatoms. The molecule has 0 spiro atoms. The Morgan fingerprint density at radius 1 is 0.756 bits per heavy atom. The van der Waals surface area contributed by atoms with Crippen molar-refractivity contribution >= 4 is 17.2 Å². The molecule has 1 amide bonds. The van der Waals surface area contributed by atoms with Gasteiger partial charge < -0.3 is 9.64 Å². The van der Waals surface area contributed by atoms with Crippen molar-refractivity contribution in [2.75, 3.05) is 37.7 Å². The maximum Gasteiger partial charge on any atom is 0.241 e. The van der Waals surface area contributed by atoms with E-state index in [-0.39, 0.29) is 5.91 Å². The Morgan fingerprint density at radius 2 is 1.27 bits per heavy atom. The Hall–Kier alpha value is -3.99. The first-order chi connectivity index (χ1) is 19.9. The molecule has 4 aromatic carbocycles. The summed E-state index contributed by atoms with van der Waals surface area (Å²) in [6, 6.07) is 39.0. The zero-order chi connectivity index (χ0) is 28.5. The van der Waals surface area contributed by atoms with Gasteiger partial charge in [-0.1, -0.05) is 103 Å².